The van der Waals surface area contributed by atoms with E-state index in [4.69, 9.17) is 0 Å². The predicted molar refractivity (Wildman–Crippen MR) is 94.3 cm³/mol. The maximum Gasteiger partial charge on any atom is 0.167 e. The average molecular weight is 296 g/mol. The highest BCUT2D eigenvalue weighted by Gasteiger charge is 2.27. The fourth-order valence-corrected chi connectivity index (χ4v) is 3.38. The minimum absolute atomic E-state index is 0.0128. The monoisotopic (exact) mass is 296 g/mol. The van der Waals surface area contributed by atoms with Gasteiger partial charge in [0.2, 0.25) is 0 Å². The Morgan fingerprint density at radius 3 is 2.14 bits per heavy atom. The lowest BCUT2D eigenvalue weighted by molar-refractivity contribution is 0.0988. The quantitative estimate of drug-likeness (QED) is 0.638. The summed E-state index contributed by atoms with van der Waals surface area (Å²) in [7, 11) is 0. The maximum absolute atomic E-state index is 12.9. The number of ketones is 1. The number of carbonyl (C=O) groups excluding carboxylic acids is 1. The Morgan fingerprint density at radius 1 is 1.05 bits per heavy atom. The van der Waals surface area contributed by atoms with Gasteiger partial charge in [0.05, 0.1) is 0 Å². The fraction of sp³-hybridized carbons (Fsp3) is 0.476. The molecule has 0 aliphatic heterocycles. The summed E-state index contributed by atoms with van der Waals surface area (Å²) in [6, 6.07) is 8.05. The van der Waals surface area contributed by atoms with Gasteiger partial charge in [0, 0.05) is 12.0 Å². The van der Waals surface area contributed by atoms with Crippen molar-refractivity contribution in [1.29, 1.82) is 0 Å². The molecule has 0 aromatic heterocycles. The molecule has 1 aromatic carbocycles. The van der Waals surface area contributed by atoms with Crippen LogP contribution in [0, 0.1) is 5.92 Å². The molecule has 1 aromatic rings. The van der Waals surface area contributed by atoms with Crippen molar-refractivity contribution in [2.45, 2.75) is 60.3 Å². The molecule has 1 atom stereocenters. The van der Waals surface area contributed by atoms with Crippen LogP contribution in [-0.4, -0.2) is 5.78 Å². The Morgan fingerprint density at radius 2 is 1.64 bits per heavy atom. The first kappa shape index (κ1) is 16.7. The Labute approximate surface area is 135 Å². The third kappa shape index (κ3) is 2.95. The number of Topliss-reactive ketones (excluding diaryl/α,β-unsaturated/α-hetero) is 1. The van der Waals surface area contributed by atoms with Crippen LogP contribution in [0.4, 0.5) is 0 Å². The molecule has 1 aliphatic rings. The number of allylic oxidation sites excluding steroid dienone is 4. The largest absolute Gasteiger partial charge is 0.294 e. The third-order valence-electron chi connectivity index (χ3n) is 5.19. The molecule has 1 nitrogen and oxygen atoms in total. The van der Waals surface area contributed by atoms with Gasteiger partial charge in [0.15, 0.2) is 5.78 Å². The van der Waals surface area contributed by atoms with E-state index in [0.717, 1.165) is 11.1 Å². The van der Waals surface area contributed by atoms with E-state index < -0.39 is 0 Å². The zero-order valence-electron chi connectivity index (χ0n) is 15.0. The third-order valence-corrected chi connectivity index (χ3v) is 5.19. The lowest BCUT2D eigenvalue weighted by Gasteiger charge is -2.23. The van der Waals surface area contributed by atoms with Crippen LogP contribution in [0.3, 0.4) is 0 Å². The maximum atomic E-state index is 12.9. The van der Waals surface area contributed by atoms with Crippen LogP contribution in [-0.2, 0) is 5.41 Å². The Bertz CT molecular complexity index is 665. The van der Waals surface area contributed by atoms with Crippen LogP contribution in [0.25, 0.3) is 0 Å². The molecule has 1 aliphatic carbocycles. The van der Waals surface area contributed by atoms with Gasteiger partial charge in [-0.25, -0.2) is 0 Å². The molecule has 0 spiro atoms. The highest BCUT2D eigenvalue weighted by molar-refractivity contribution is 5.99. The number of rotatable bonds is 3. The molecule has 118 valence electrons. The molecule has 0 saturated carbocycles. The van der Waals surface area contributed by atoms with Gasteiger partial charge in [-0.2, -0.15) is 0 Å². The number of carbonyl (C=O) groups is 1. The van der Waals surface area contributed by atoms with Crippen LogP contribution in [0.5, 0.6) is 0 Å². The molecular formula is C21H28O. The number of hydrogen-bond donors (Lipinski definition) is 0. The molecule has 0 bridgehead atoms. The molecule has 0 N–H and O–H groups in total. The molecule has 0 saturated heterocycles. The van der Waals surface area contributed by atoms with E-state index in [9.17, 15) is 4.79 Å². The first-order valence-electron chi connectivity index (χ1n) is 8.14. The second-order valence-electron chi connectivity index (χ2n) is 7.58. The zero-order valence-corrected chi connectivity index (χ0v) is 15.0. The molecule has 0 radical (unpaired) electrons. The van der Waals surface area contributed by atoms with E-state index >= 15 is 0 Å². The zero-order chi connectivity index (χ0) is 16.7. The van der Waals surface area contributed by atoms with E-state index in [1.165, 1.54) is 22.3 Å². The summed E-state index contributed by atoms with van der Waals surface area (Å²) in [4.78, 5) is 12.9. The van der Waals surface area contributed by atoms with E-state index in [2.05, 4.69) is 54.5 Å². The highest BCUT2D eigenvalue weighted by Crippen LogP contribution is 2.39. The van der Waals surface area contributed by atoms with Crippen LogP contribution in [0.15, 0.2) is 46.6 Å². The Hall–Kier alpha value is -1.63. The van der Waals surface area contributed by atoms with Crippen molar-refractivity contribution >= 4 is 5.78 Å². The minimum atomic E-state index is -0.0128. The van der Waals surface area contributed by atoms with Crippen molar-refractivity contribution in [2.75, 3.05) is 0 Å². The van der Waals surface area contributed by atoms with Crippen molar-refractivity contribution in [3.63, 3.8) is 0 Å². The average Bonchev–Trinajstić information content (AvgIpc) is 2.64. The second-order valence-corrected chi connectivity index (χ2v) is 7.58. The van der Waals surface area contributed by atoms with Gasteiger partial charge in [-0.05, 0) is 48.8 Å². The fourth-order valence-electron chi connectivity index (χ4n) is 3.38. The molecular weight excluding hydrogens is 268 g/mol. The van der Waals surface area contributed by atoms with Crippen LogP contribution in [0.2, 0.25) is 0 Å². The van der Waals surface area contributed by atoms with E-state index in [0.29, 0.717) is 12.3 Å². The first-order valence-corrected chi connectivity index (χ1v) is 8.14. The first-order chi connectivity index (χ1) is 10.1. The predicted octanol–water partition coefficient (Wildman–Crippen LogP) is 5.86. The summed E-state index contributed by atoms with van der Waals surface area (Å²) in [6.45, 7) is 15.2. The second kappa shape index (κ2) is 5.87. The SMILES string of the molecule is CC1=C(C)C(C)C(CC(=O)c2ccccc2C(C)(C)C)=C1C. The summed E-state index contributed by atoms with van der Waals surface area (Å²) in [5, 5.41) is 0. The summed E-state index contributed by atoms with van der Waals surface area (Å²) in [5.74, 6) is 0.639. The minimum Gasteiger partial charge on any atom is -0.294 e. The topological polar surface area (TPSA) is 17.1 Å². The van der Waals surface area contributed by atoms with Gasteiger partial charge in [-0.3, -0.25) is 4.79 Å². The van der Waals surface area contributed by atoms with Crippen molar-refractivity contribution in [2.24, 2.45) is 5.92 Å². The summed E-state index contributed by atoms with van der Waals surface area (Å²) >= 11 is 0. The van der Waals surface area contributed by atoms with Crippen molar-refractivity contribution in [3.8, 4) is 0 Å². The standard InChI is InChI=1S/C21H28O/c1-13-14(2)16(4)18(15(13)3)12-20(22)17-10-8-9-11-19(17)21(5,6)7/h8-11,15H,12H2,1-7H3. The summed E-state index contributed by atoms with van der Waals surface area (Å²) < 4.78 is 0. The normalized spacial score (nSPS) is 19.1. The smallest absolute Gasteiger partial charge is 0.167 e. The van der Waals surface area contributed by atoms with E-state index in [1.54, 1.807) is 0 Å². The van der Waals surface area contributed by atoms with Gasteiger partial charge >= 0.3 is 0 Å². The highest BCUT2D eigenvalue weighted by atomic mass is 16.1. The lowest BCUT2D eigenvalue weighted by Crippen LogP contribution is -2.17. The van der Waals surface area contributed by atoms with E-state index in [-0.39, 0.29) is 11.2 Å². The van der Waals surface area contributed by atoms with Crippen LogP contribution >= 0.6 is 0 Å². The molecule has 0 heterocycles. The van der Waals surface area contributed by atoms with Gasteiger partial charge in [0.1, 0.15) is 0 Å². The molecule has 2 rings (SSSR count). The van der Waals surface area contributed by atoms with Crippen molar-refractivity contribution in [3.05, 3.63) is 57.7 Å². The lowest BCUT2D eigenvalue weighted by atomic mass is 9.81. The molecule has 1 heteroatoms. The van der Waals surface area contributed by atoms with E-state index in [1.807, 2.05) is 18.2 Å². The molecule has 0 fully saturated rings. The molecule has 22 heavy (non-hydrogen) atoms. The van der Waals surface area contributed by atoms with Crippen molar-refractivity contribution in [1.82, 2.24) is 0 Å². The Balaban J connectivity index is 2.33. The molecule has 1 unspecified atom stereocenters. The van der Waals surface area contributed by atoms with Gasteiger partial charge in [0.25, 0.3) is 0 Å². The van der Waals surface area contributed by atoms with Gasteiger partial charge < -0.3 is 0 Å². The van der Waals surface area contributed by atoms with Gasteiger partial charge in [-0.15, -0.1) is 0 Å². The van der Waals surface area contributed by atoms with Crippen LogP contribution < -0.4 is 0 Å². The Kier molecular flexibility index (Phi) is 4.47. The molecule has 0 amide bonds. The number of benzene rings is 1. The number of hydrogen-bond acceptors (Lipinski definition) is 1. The summed E-state index contributed by atoms with van der Waals surface area (Å²) in [5.41, 5.74) is 7.38. The van der Waals surface area contributed by atoms with Crippen molar-refractivity contribution < 1.29 is 4.79 Å². The summed E-state index contributed by atoms with van der Waals surface area (Å²) in [6.07, 6.45) is 0.536. The van der Waals surface area contributed by atoms with Crippen LogP contribution in [0.1, 0.15) is 70.8 Å². The van der Waals surface area contributed by atoms with Gasteiger partial charge in [-0.1, -0.05) is 63.1 Å².